The van der Waals surface area contributed by atoms with E-state index in [9.17, 15) is 8.42 Å². The molecule has 5 heteroatoms. The van der Waals surface area contributed by atoms with E-state index in [1.165, 1.54) is 0 Å². The summed E-state index contributed by atoms with van der Waals surface area (Å²) in [5.74, 6) is 0.456. The summed E-state index contributed by atoms with van der Waals surface area (Å²) in [7, 11) is -2.83. The molecule has 0 aromatic heterocycles. The predicted octanol–water partition coefficient (Wildman–Crippen LogP) is 0.578. The van der Waals surface area contributed by atoms with E-state index >= 15 is 0 Å². The zero-order valence-corrected chi connectivity index (χ0v) is 10.3. The molecule has 0 bridgehead atoms. The van der Waals surface area contributed by atoms with Crippen LogP contribution >= 0.6 is 0 Å². The molecule has 1 aliphatic rings. The Bertz CT molecular complexity index is 276. The lowest BCUT2D eigenvalue weighted by Crippen LogP contribution is -2.31. The molecule has 0 aliphatic carbocycles. The Balaban J connectivity index is 2.07. The lowest BCUT2D eigenvalue weighted by molar-refractivity contribution is 0.0564. The molecule has 4 nitrogen and oxygen atoms in total. The summed E-state index contributed by atoms with van der Waals surface area (Å²) in [6, 6.07) is 0. The second-order valence-electron chi connectivity index (χ2n) is 4.09. The molecule has 2 unspecified atom stereocenters. The number of rotatable bonds is 6. The number of nitrogens with one attached hydrogen (secondary N) is 1. The highest BCUT2D eigenvalue weighted by atomic mass is 32.2. The molecule has 1 aliphatic heterocycles. The predicted molar refractivity (Wildman–Crippen MR) is 60.8 cm³/mol. The molecule has 1 fully saturated rings. The van der Waals surface area contributed by atoms with Crippen LogP contribution < -0.4 is 5.32 Å². The van der Waals surface area contributed by atoms with Crippen molar-refractivity contribution in [3.63, 3.8) is 0 Å². The first-order valence-corrected chi connectivity index (χ1v) is 7.42. The monoisotopic (exact) mass is 235 g/mol. The highest BCUT2D eigenvalue weighted by Gasteiger charge is 2.21. The minimum absolute atomic E-state index is 0.228. The van der Waals surface area contributed by atoms with Crippen LogP contribution in [0.4, 0.5) is 0 Å². The SMILES string of the molecule is CCS(=O)(=O)CCNCC1CCC(C)O1. The van der Waals surface area contributed by atoms with Gasteiger partial charge < -0.3 is 10.1 Å². The van der Waals surface area contributed by atoms with Crippen molar-refractivity contribution >= 4 is 9.84 Å². The molecule has 0 spiro atoms. The Morgan fingerprint density at radius 3 is 2.67 bits per heavy atom. The van der Waals surface area contributed by atoms with Gasteiger partial charge in [0.2, 0.25) is 0 Å². The van der Waals surface area contributed by atoms with Crippen molar-refractivity contribution in [1.29, 1.82) is 0 Å². The van der Waals surface area contributed by atoms with E-state index in [1.807, 2.05) is 0 Å². The van der Waals surface area contributed by atoms with Gasteiger partial charge in [-0.25, -0.2) is 8.42 Å². The first-order valence-electron chi connectivity index (χ1n) is 5.60. The van der Waals surface area contributed by atoms with Crippen LogP contribution in [0.1, 0.15) is 26.7 Å². The van der Waals surface area contributed by atoms with Gasteiger partial charge in [-0.3, -0.25) is 0 Å². The van der Waals surface area contributed by atoms with Crippen LogP contribution in [0, 0.1) is 0 Å². The van der Waals surface area contributed by atoms with Crippen molar-refractivity contribution in [1.82, 2.24) is 5.32 Å². The van der Waals surface area contributed by atoms with Gasteiger partial charge in [-0.15, -0.1) is 0 Å². The third-order valence-corrected chi connectivity index (χ3v) is 4.43. The molecule has 0 aromatic carbocycles. The third kappa shape index (κ3) is 4.95. The number of hydrogen-bond acceptors (Lipinski definition) is 4. The van der Waals surface area contributed by atoms with Crippen molar-refractivity contribution < 1.29 is 13.2 Å². The van der Waals surface area contributed by atoms with Crippen LogP contribution in [0.15, 0.2) is 0 Å². The van der Waals surface area contributed by atoms with Crippen LogP contribution in [0.3, 0.4) is 0 Å². The molecule has 15 heavy (non-hydrogen) atoms. The zero-order chi connectivity index (χ0) is 11.3. The van der Waals surface area contributed by atoms with Crippen LogP contribution in [0.5, 0.6) is 0 Å². The molecular weight excluding hydrogens is 214 g/mol. The number of ether oxygens (including phenoxy) is 1. The molecule has 1 rings (SSSR count). The van der Waals surface area contributed by atoms with E-state index in [1.54, 1.807) is 6.92 Å². The van der Waals surface area contributed by atoms with Crippen LogP contribution in [0.2, 0.25) is 0 Å². The van der Waals surface area contributed by atoms with Crippen molar-refractivity contribution in [2.45, 2.75) is 38.9 Å². The Labute approximate surface area is 92.3 Å². The van der Waals surface area contributed by atoms with E-state index in [0.29, 0.717) is 12.6 Å². The maximum atomic E-state index is 11.2. The maximum Gasteiger partial charge on any atom is 0.151 e. The van der Waals surface area contributed by atoms with E-state index in [-0.39, 0.29) is 17.6 Å². The summed E-state index contributed by atoms with van der Waals surface area (Å²) in [4.78, 5) is 0. The minimum atomic E-state index is -2.83. The summed E-state index contributed by atoms with van der Waals surface area (Å²) in [5, 5.41) is 3.13. The Hall–Kier alpha value is -0.130. The molecule has 90 valence electrons. The molecule has 2 atom stereocenters. The number of hydrogen-bond donors (Lipinski definition) is 1. The average molecular weight is 235 g/mol. The quantitative estimate of drug-likeness (QED) is 0.684. The van der Waals surface area contributed by atoms with E-state index < -0.39 is 9.84 Å². The summed E-state index contributed by atoms with van der Waals surface area (Å²) in [6.45, 7) is 5.05. The van der Waals surface area contributed by atoms with Gasteiger partial charge in [-0.05, 0) is 19.8 Å². The lowest BCUT2D eigenvalue weighted by Gasteiger charge is -2.11. The van der Waals surface area contributed by atoms with E-state index in [0.717, 1.165) is 19.4 Å². The second-order valence-corrected chi connectivity index (χ2v) is 6.56. The van der Waals surface area contributed by atoms with Crippen molar-refractivity contribution in [2.75, 3.05) is 24.6 Å². The van der Waals surface area contributed by atoms with Gasteiger partial charge in [-0.2, -0.15) is 0 Å². The molecule has 1 N–H and O–H groups in total. The van der Waals surface area contributed by atoms with Gasteiger partial charge >= 0.3 is 0 Å². The van der Waals surface area contributed by atoms with Gasteiger partial charge in [0.15, 0.2) is 9.84 Å². The van der Waals surface area contributed by atoms with Crippen molar-refractivity contribution in [3.05, 3.63) is 0 Å². The van der Waals surface area contributed by atoms with Gasteiger partial charge in [0.25, 0.3) is 0 Å². The summed E-state index contributed by atoms with van der Waals surface area (Å²) in [5.41, 5.74) is 0. The summed E-state index contributed by atoms with van der Waals surface area (Å²) < 4.78 is 28.0. The normalized spacial score (nSPS) is 27.1. The van der Waals surface area contributed by atoms with Gasteiger partial charge in [0.1, 0.15) is 0 Å². The molecule has 0 amide bonds. The lowest BCUT2D eigenvalue weighted by atomic mass is 10.2. The average Bonchev–Trinajstić information content (AvgIpc) is 2.59. The van der Waals surface area contributed by atoms with E-state index in [2.05, 4.69) is 12.2 Å². The largest absolute Gasteiger partial charge is 0.374 e. The topological polar surface area (TPSA) is 55.4 Å². The van der Waals surface area contributed by atoms with Crippen LogP contribution in [-0.2, 0) is 14.6 Å². The highest BCUT2D eigenvalue weighted by Crippen LogP contribution is 2.17. The molecule has 1 heterocycles. The summed E-state index contributed by atoms with van der Waals surface area (Å²) in [6.07, 6.45) is 2.81. The van der Waals surface area contributed by atoms with Crippen LogP contribution in [-0.4, -0.2) is 45.2 Å². The smallest absolute Gasteiger partial charge is 0.151 e. The molecule has 0 aromatic rings. The first kappa shape index (κ1) is 12.9. The minimum Gasteiger partial charge on any atom is -0.374 e. The van der Waals surface area contributed by atoms with Gasteiger partial charge in [0.05, 0.1) is 18.0 Å². The number of sulfone groups is 1. The fraction of sp³-hybridized carbons (Fsp3) is 1.00. The third-order valence-electron chi connectivity index (χ3n) is 2.72. The molecule has 0 saturated carbocycles. The van der Waals surface area contributed by atoms with Crippen molar-refractivity contribution in [2.24, 2.45) is 0 Å². The molecule has 0 radical (unpaired) electrons. The first-order chi connectivity index (χ1) is 7.03. The Morgan fingerprint density at radius 2 is 2.13 bits per heavy atom. The standard InChI is InChI=1S/C10H21NO3S/c1-3-15(12,13)7-6-11-8-10-5-4-9(2)14-10/h9-11H,3-8H2,1-2H3. The van der Waals surface area contributed by atoms with Crippen molar-refractivity contribution in [3.8, 4) is 0 Å². The molecular formula is C10H21NO3S. The van der Waals surface area contributed by atoms with E-state index in [4.69, 9.17) is 4.74 Å². The summed E-state index contributed by atoms with van der Waals surface area (Å²) >= 11 is 0. The highest BCUT2D eigenvalue weighted by molar-refractivity contribution is 7.91. The van der Waals surface area contributed by atoms with Crippen LogP contribution in [0.25, 0.3) is 0 Å². The second kappa shape index (κ2) is 5.82. The fourth-order valence-corrected chi connectivity index (χ4v) is 2.41. The molecule has 1 saturated heterocycles. The maximum absolute atomic E-state index is 11.2. The zero-order valence-electron chi connectivity index (χ0n) is 9.53. The van der Waals surface area contributed by atoms with Gasteiger partial charge in [0, 0.05) is 18.8 Å². The Kier molecular flexibility index (Phi) is 5.02. The fourth-order valence-electron chi connectivity index (χ4n) is 1.67. The van der Waals surface area contributed by atoms with Gasteiger partial charge in [-0.1, -0.05) is 6.92 Å². The Morgan fingerprint density at radius 1 is 1.40 bits per heavy atom.